The minimum absolute atomic E-state index is 0.0321. The van der Waals surface area contributed by atoms with E-state index in [1.54, 1.807) is 0 Å². The van der Waals surface area contributed by atoms with Crippen molar-refractivity contribution in [2.75, 3.05) is 0 Å². The second-order valence-electron chi connectivity index (χ2n) is 14.7. The van der Waals surface area contributed by atoms with Crippen molar-refractivity contribution in [2.24, 2.45) is 50.2 Å². The molecule has 4 fully saturated rings. The van der Waals surface area contributed by atoms with E-state index in [4.69, 9.17) is 4.11 Å². The fraction of sp³-hybridized carbons (Fsp3) is 0.933. The Morgan fingerprint density at radius 3 is 2.29 bits per heavy atom. The molecule has 0 aromatic rings. The van der Waals surface area contributed by atoms with Crippen LogP contribution in [-0.4, -0.2) is 11.2 Å². The van der Waals surface area contributed by atoms with Crippen LogP contribution in [0.25, 0.3) is 0 Å². The maximum atomic E-state index is 10.9. The molecule has 0 amide bonds. The zero-order valence-electron chi connectivity index (χ0n) is 24.4. The van der Waals surface area contributed by atoms with Gasteiger partial charge in [0.1, 0.15) is 0 Å². The van der Waals surface area contributed by atoms with Crippen LogP contribution >= 0.6 is 0 Å². The van der Waals surface area contributed by atoms with Crippen LogP contribution in [0.4, 0.5) is 0 Å². The van der Waals surface area contributed by atoms with E-state index in [0.717, 1.165) is 51.4 Å². The molecule has 0 unspecified atom stereocenters. The standard InChI is InChI=1S/C30H50O/c1-25(2)15-16-27(5)17-18-29(7)20(21(27)19-25)9-10-23-28(6)13-12-24(31)26(3,4)22(28)11-14-30(23,29)8/h9,21-24,31H,10-19H2,1-8H3/t21-,22-,23+,24-,27+,28-,29+,30+/m0/s1/i5D3. The van der Waals surface area contributed by atoms with Crippen molar-refractivity contribution in [1.29, 1.82) is 0 Å². The third-order valence-electron chi connectivity index (χ3n) is 12.6. The highest BCUT2D eigenvalue weighted by Gasteiger charge is 2.67. The lowest BCUT2D eigenvalue weighted by molar-refractivity contribution is -0.202. The molecule has 0 saturated heterocycles. The summed E-state index contributed by atoms with van der Waals surface area (Å²) < 4.78 is 26.0. The maximum absolute atomic E-state index is 10.9. The van der Waals surface area contributed by atoms with E-state index in [0.29, 0.717) is 11.8 Å². The molecule has 5 aliphatic rings. The van der Waals surface area contributed by atoms with Gasteiger partial charge in [0.05, 0.1) is 6.10 Å². The Balaban J connectivity index is 1.61. The first kappa shape index (κ1) is 19.1. The van der Waals surface area contributed by atoms with Gasteiger partial charge in [-0.15, -0.1) is 0 Å². The molecular weight excluding hydrogens is 376 g/mol. The van der Waals surface area contributed by atoms with Crippen LogP contribution in [0.1, 0.15) is 124 Å². The van der Waals surface area contributed by atoms with Gasteiger partial charge in [0.2, 0.25) is 0 Å². The van der Waals surface area contributed by atoms with Gasteiger partial charge in [0.15, 0.2) is 0 Å². The number of hydrogen-bond donors (Lipinski definition) is 1. The third kappa shape index (κ3) is 2.77. The lowest BCUT2D eigenvalue weighted by atomic mass is 9.33. The highest BCUT2D eigenvalue weighted by atomic mass is 16.3. The summed E-state index contributed by atoms with van der Waals surface area (Å²) in [5.74, 6) is 1.35. The predicted octanol–water partition coefficient (Wildman–Crippen LogP) is 8.17. The minimum atomic E-state index is -1.89. The van der Waals surface area contributed by atoms with Crippen LogP contribution in [0.2, 0.25) is 0 Å². The van der Waals surface area contributed by atoms with Crippen LogP contribution in [0, 0.1) is 50.2 Å². The highest BCUT2D eigenvalue weighted by molar-refractivity contribution is 5.33. The second-order valence-corrected chi connectivity index (χ2v) is 14.7. The average molecular weight is 430 g/mol. The molecule has 8 atom stereocenters. The van der Waals surface area contributed by atoms with Gasteiger partial charge in [-0.05, 0) is 114 Å². The zero-order chi connectivity index (χ0) is 25.2. The summed E-state index contributed by atoms with van der Waals surface area (Å²) in [6.07, 6.45) is 12.7. The van der Waals surface area contributed by atoms with Crippen LogP contribution in [0.5, 0.6) is 0 Å². The van der Waals surface area contributed by atoms with Crippen molar-refractivity contribution in [2.45, 2.75) is 126 Å². The van der Waals surface area contributed by atoms with E-state index in [1.807, 2.05) is 0 Å². The summed E-state index contributed by atoms with van der Waals surface area (Å²) >= 11 is 0. The Labute approximate surface area is 197 Å². The monoisotopic (exact) mass is 429 g/mol. The maximum Gasteiger partial charge on any atom is 0.0594 e. The molecule has 0 bridgehead atoms. The molecule has 5 aliphatic carbocycles. The number of aliphatic hydroxyl groups excluding tert-OH is 1. The van der Waals surface area contributed by atoms with Crippen molar-refractivity contribution < 1.29 is 9.22 Å². The largest absolute Gasteiger partial charge is 0.393 e. The van der Waals surface area contributed by atoms with Crippen molar-refractivity contribution in [3.63, 3.8) is 0 Å². The Morgan fingerprint density at radius 1 is 0.871 bits per heavy atom. The van der Waals surface area contributed by atoms with Crippen molar-refractivity contribution in [1.82, 2.24) is 0 Å². The van der Waals surface area contributed by atoms with Gasteiger partial charge in [0, 0.05) is 4.11 Å². The first-order valence-electron chi connectivity index (χ1n) is 14.8. The Kier molecular flexibility index (Phi) is 3.95. The van der Waals surface area contributed by atoms with Crippen molar-refractivity contribution in [3.05, 3.63) is 11.6 Å². The van der Waals surface area contributed by atoms with Gasteiger partial charge >= 0.3 is 0 Å². The molecule has 176 valence electrons. The summed E-state index contributed by atoms with van der Waals surface area (Å²) in [6, 6.07) is 0. The number of rotatable bonds is 0. The smallest absolute Gasteiger partial charge is 0.0594 e. The molecule has 0 aliphatic heterocycles. The van der Waals surface area contributed by atoms with Gasteiger partial charge in [-0.2, -0.15) is 0 Å². The molecule has 0 heterocycles. The van der Waals surface area contributed by atoms with Gasteiger partial charge in [-0.25, -0.2) is 0 Å². The van der Waals surface area contributed by atoms with Crippen molar-refractivity contribution >= 4 is 0 Å². The fourth-order valence-electron chi connectivity index (χ4n) is 10.3. The van der Waals surface area contributed by atoms with Crippen molar-refractivity contribution in [3.8, 4) is 0 Å². The molecule has 1 heteroatoms. The number of fused-ring (bicyclic) bond motifs is 7. The van der Waals surface area contributed by atoms with Gasteiger partial charge in [-0.3, -0.25) is 0 Å². The fourth-order valence-corrected chi connectivity index (χ4v) is 10.3. The van der Waals surface area contributed by atoms with E-state index < -0.39 is 12.3 Å². The molecule has 1 N–H and O–H groups in total. The average Bonchev–Trinajstić information content (AvgIpc) is 2.70. The summed E-state index contributed by atoms with van der Waals surface area (Å²) in [6.45, 7) is 15.1. The van der Waals surface area contributed by atoms with Crippen LogP contribution in [-0.2, 0) is 0 Å². The molecule has 5 rings (SSSR count). The normalized spacial score (nSPS) is 57.0. The first-order valence-corrected chi connectivity index (χ1v) is 13.3. The third-order valence-corrected chi connectivity index (χ3v) is 12.6. The SMILES string of the molecule is [2H]C([2H])([2H])[C@]12CCC(C)(C)C[C@H]1C1=CC[C@@H]3[C@@]4(C)CC[C@H](O)C(C)(C)[C@@H]4CC[C@@]3(C)[C@]1(C)CC2. The zero-order valence-corrected chi connectivity index (χ0v) is 21.4. The summed E-state index contributed by atoms with van der Waals surface area (Å²) in [5, 5.41) is 10.9. The lowest BCUT2D eigenvalue weighted by Gasteiger charge is -2.71. The van der Waals surface area contributed by atoms with Gasteiger partial charge in [-0.1, -0.05) is 67.0 Å². The van der Waals surface area contributed by atoms with Crippen LogP contribution in [0.3, 0.4) is 0 Å². The Bertz CT molecular complexity index is 886. The van der Waals surface area contributed by atoms with E-state index in [9.17, 15) is 5.11 Å². The Morgan fingerprint density at radius 2 is 1.58 bits per heavy atom. The quantitative estimate of drug-likeness (QED) is 0.385. The van der Waals surface area contributed by atoms with E-state index in [2.05, 4.69) is 54.5 Å². The van der Waals surface area contributed by atoms with Gasteiger partial charge < -0.3 is 5.11 Å². The summed E-state index contributed by atoms with van der Waals surface area (Å²) in [7, 11) is 0. The molecule has 0 spiro atoms. The summed E-state index contributed by atoms with van der Waals surface area (Å²) in [4.78, 5) is 0. The predicted molar refractivity (Wildman–Crippen MR) is 131 cm³/mol. The lowest BCUT2D eigenvalue weighted by Crippen LogP contribution is -2.64. The number of aliphatic hydroxyl groups is 1. The minimum Gasteiger partial charge on any atom is -0.393 e. The number of allylic oxidation sites excluding steroid dienone is 2. The molecule has 1 nitrogen and oxygen atoms in total. The van der Waals surface area contributed by atoms with E-state index in [-0.39, 0.29) is 39.1 Å². The van der Waals surface area contributed by atoms with Gasteiger partial charge in [0.25, 0.3) is 0 Å². The number of hydrogen-bond acceptors (Lipinski definition) is 1. The molecule has 0 aromatic carbocycles. The Hall–Kier alpha value is -0.300. The molecule has 31 heavy (non-hydrogen) atoms. The van der Waals surface area contributed by atoms with Crippen LogP contribution < -0.4 is 0 Å². The van der Waals surface area contributed by atoms with E-state index in [1.165, 1.54) is 18.4 Å². The molecular formula is C30H50O. The summed E-state index contributed by atoms with van der Waals surface area (Å²) in [5.41, 5.74) is 1.69. The van der Waals surface area contributed by atoms with Crippen LogP contribution in [0.15, 0.2) is 11.6 Å². The second kappa shape index (κ2) is 6.43. The highest BCUT2D eigenvalue weighted by Crippen LogP contribution is 2.75. The molecule has 0 radical (unpaired) electrons. The molecule has 4 saturated carbocycles. The first-order chi connectivity index (χ1) is 15.4. The topological polar surface area (TPSA) is 20.2 Å². The van der Waals surface area contributed by atoms with E-state index >= 15 is 0 Å². The molecule has 0 aromatic heterocycles.